The van der Waals surface area contributed by atoms with Crippen molar-refractivity contribution in [1.82, 2.24) is 9.88 Å². The number of nitrogens with two attached hydrogens (primary N) is 1. The van der Waals surface area contributed by atoms with Crippen molar-refractivity contribution in [2.24, 2.45) is 10.7 Å². The number of hydrogen-bond donors (Lipinski definition) is 1. The summed E-state index contributed by atoms with van der Waals surface area (Å²) in [4.78, 5) is 10.5. The van der Waals surface area contributed by atoms with Crippen LogP contribution in [0.1, 0.15) is 5.56 Å². The van der Waals surface area contributed by atoms with Crippen LogP contribution in [0.4, 0.5) is 0 Å². The van der Waals surface area contributed by atoms with Crippen molar-refractivity contribution in [2.75, 3.05) is 12.3 Å². The molecular formula is C10H13ClN4S. The van der Waals surface area contributed by atoms with E-state index < -0.39 is 0 Å². The highest BCUT2D eigenvalue weighted by Crippen LogP contribution is 2.26. The van der Waals surface area contributed by atoms with Crippen LogP contribution >= 0.6 is 23.4 Å². The molecule has 1 aliphatic heterocycles. The Hall–Kier alpha value is -0.780. The van der Waals surface area contributed by atoms with Gasteiger partial charge in [-0.25, -0.2) is 9.98 Å². The molecule has 0 radical (unpaired) electrons. The molecule has 4 nitrogen and oxygen atoms in total. The Kier molecular flexibility index (Phi) is 4.04. The Morgan fingerprint density at radius 1 is 1.69 bits per heavy atom. The summed E-state index contributed by atoms with van der Waals surface area (Å²) in [5.74, 6) is 1.09. The smallest absolute Gasteiger partial charge is 0.151 e. The quantitative estimate of drug-likeness (QED) is 0.507. The van der Waals surface area contributed by atoms with Gasteiger partial charge in [-0.1, -0.05) is 17.7 Å². The first-order valence-electron chi connectivity index (χ1n) is 4.99. The van der Waals surface area contributed by atoms with Gasteiger partial charge in [-0.15, -0.1) is 11.8 Å². The van der Waals surface area contributed by atoms with Gasteiger partial charge in [0.05, 0.1) is 6.34 Å². The molecule has 0 saturated carbocycles. The van der Waals surface area contributed by atoms with Crippen molar-refractivity contribution < 1.29 is 0 Å². The molecule has 0 bridgehead atoms. The van der Waals surface area contributed by atoms with Gasteiger partial charge in [0.1, 0.15) is 5.15 Å². The molecule has 0 amide bonds. The zero-order valence-electron chi connectivity index (χ0n) is 8.71. The van der Waals surface area contributed by atoms with Crippen molar-refractivity contribution >= 4 is 29.7 Å². The summed E-state index contributed by atoms with van der Waals surface area (Å²) in [7, 11) is 0. The molecule has 1 unspecified atom stereocenters. The van der Waals surface area contributed by atoms with Gasteiger partial charge >= 0.3 is 0 Å². The highest BCUT2D eigenvalue weighted by molar-refractivity contribution is 8.00. The van der Waals surface area contributed by atoms with E-state index >= 15 is 0 Å². The average molecular weight is 257 g/mol. The topological polar surface area (TPSA) is 54.5 Å². The van der Waals surface area contributed by atoms with E-state index in [9.17, 15) is 0 Å². The molecule has 1 fully saturated rings. The van der Waals surface area contributed by atoms with Crippen molar-refractivity contribution in [3.05, 3.63) is 29.0 Å². The summed E-state index contributed by atoms with van der Waals surface area (Å²) in [6, 6.07) is 3.79. The predicted molar refractivity (Wildman–Crippen MR) is 68.6 cm³/mol. The highest BCUT2D eigenvalue weighted by atomic mass is 35.5. The molecule has 0 aliphatic carbocycles. The number of aliphatic imine (C=N–C) groups is 1. The van der Waals surface area contributed by atoms with E-state index in [1.807, 2.05) is 6.07 Å². The standard InChI is InChI=1S/C10H13ClN4S/c11-9-2-1-8(5-13-9)6-15-3-4-16-10(15)14-7-12/h1-2,5,7,10H,3-4,6H2,(H2,12,14). The molecular weight excluding hydrogens is 244 g/mol. The molecule has 1 atom stereocenters. The van der Waals surface area contributed by atoms with Crippen LogP contribution in [0, 0.1) is 0 Å². The van der Waals surface area contributed by atoms with E-state index in [-0.39, 0.29) is 5.50 Å². The minimum absolute atomic E-state index is 0.140. The van der Waals surface area contributed by atoms with Gasteiger partial charge in [-0.3, -0.25) is 4.90 Å². The predicted octanol–water partition coefficient (Wildman–Crippen LogP) is 1.55. The zero-order valence-corrected chi connectivity index (χ0v) is 10.3. The van der Waals surface area contributed by atoms with Crippen molar-refractivity contribution in [3.63, 3.8) is 0 Å². The van der Waals surface area contributed by atoms with Crippen LogP contribution in [-0.4, -0.2) is 34.0 Å². The Morgan fingerprint density at radius 3 is 3.25 bits per heavy atom. The molecule has 0 aromatic carbocycles. The van der Waals surface area contributed by atoms with Crippen LogP contribution in [0.15, 0.2) is 23.3 Å². The summed E-state index contributed by atoms with van der Waals surface area (Å²) in [5, 5.41) is 0.524. The molecule has 6 heteroatoms. The fourth-order valence-corrected chi connectivity index (χ4v) is 2.80. The minimum atomic E-state index is 0.140. The van der Waals surface area contributed by atoms with E-state index in [0.29, 0.717) is 5.15 Å². The first-order chi connectivity index (χ1) is 7.79. The third kappa shape index (κ3) is 2.87. The lowest BCUT2D eigenvalue weighted by Gasteiger charge is -2.19. The van der Waals surface area contributed by atoms with Gasteiger partial charge in [0.15, 0.2) is 5.50 Å². The van der Waals surface area contributed by atoms with Crippen LogP contribution in [0.5, 0.6) is 0 Å². The summed E-state index contributed by atoms with van der Waals surface area (Å²) < 4.78 is 0. The van der Waals surface area contributed by atoms with Gasteiger partial charge in [0, 0.05) is 25.0 Å². The van der Waals surface area contributed by atoms with Gasteiger partial charge in [0.25, 0.3) is 0 Å². The van der Waals surface area contributed by atoms with Crippen LogP contribution in [0.2, 0.25) is 5.15 Å². The molecule has 16 heavy (non-hydrogen) atoms. The highest BCUT2D eigenvalue weighted by Gasteiger charge is 2.23. The first-order valence-corrected chi connectivity index (χ1v) is 6.42. The normalized spacial score (nSPS) is 21.9. The van der Waals surface area contributed by atoms with Crippen LogP contribution in [-0.2, 0) is 6.54 Å². The summed E-state index contributed by atoms with van der Waals surface area (Å²) >= 11 is 7.54. The van der Waals surface area contributed by atoms with Crippen molar-refractivity contribution in [2.45, 2.75) is 12.0 Å². The molecule has 86 valence electrons. The zero-order chi connectivity index (χ0) is 11.4. The molecule has 0 spiro atoms. The molecule has 2 rings (SSSR count). The molecule has 1 saturated heterocycles. The van der Waals surface area contributed by atoms with Gasteiger partial charge in [0.2, 0.25) is 0 Å². The molecule has 1 aliphatic rings. The third-order valence-corrected chi connectivity index (χ3v) is 3.71. The van der Waals surface area contributed by atoms with Crippen molar-refractivity contribution in [3.8, 4) is 0 Å². The van der Waals surface area contributed by atoms with Crippen LogP contribution in [0.25, 0.3) is 0 Å². The second kappa shape index (κ2) is 5.52. The lowest BCUT2D eigenvalue weighted by atomic mass is 10.3. The maximum absolute atomic E-state index is 5.74. The van der Waals surface area contributed by atoms with Gasteiger partial charge in [-0.2, -0.15) is 0 Å². The second-order valence-corrected chi connectivity index (χ2v) is 5.01. The van der Waals surface area contributed by atoms with E-state index in [0.717, 1.165) is 24.4 Å². The number of aromatic nitrogens is 1. The Morgan fingerprint density at radius 2 is 2.56 bits per heavy atom. The lowest BCUT2D eigenvalue weighted by Crippen LogP contribution is -2.27. The fraction of sp³-hybridized carbons (Fsp3) is 0.400. The van der Waals surface area contributed by atoms with E-state index in [1.54, 1.807) is 24.0 Å². The maximum atomic E-state index is 5.74. The number of thioether (sulfide) groups is 1. The Bertz CT molecular complexity index is 368. The minimum Gasteiger partial charge on any atom is -0.390 e. The first kappa shape index (κ1) is 11.7. The average Bonchev–Trinajstić information content (AvgIpc) is 2.70. The van der Waals surface area contributed by atoms with Gasteiger partial charge in [-0.05, 0) is 11.6 Å². The molecule has 1 aromatic rings. The van der Waals surface area contributed by atoms with E-state index in [4.69, 9.17) is 17.3 Å². The lowest BCUT2D eigenvalue weighted by molar-refractivity contribution is 0.284. The SMILES string of the molecule is NC=NC1SCCN1Cc1ccc(Cl)nc1. The third-order valence-electron chi connectivity index (χ3n) is 2.35. The number of nitrogens with zero attached hydrogens (tertiary/aromatic N) is 3. The van der Waals surface area contributed by atoms with Crippen LogP contribution in [0.3, 0.4) is 0 Å². The monoisotopic (exact) mass is 256 g/mol. The summed E-state index contributed by atoms with van der Waals surface area (Å²) in [6.45, 7) is 1.86. The second-order valence-electron chi connectivity index (χ2n) is 3.45. The summed E-state index contributed by atoms with van der Waals surface area (Å²) in [6.07, 6.45) is 3.17. The Labute approximate surface area is 104 Å². The largest absolute Gasteiger partial charge is 0.390 e. The molecule has 2 N–H and O–H groups in total. The number of halogens is 1. The number of hydrogen-bond acceptors (Lipinski definition) is 4. The molecule has 2 heterocycles. The molecule has 1 aromatic heterocycles. The summed E-state index contributed by atoms with van der Waals surface area (Å²) in [5.41, 5.74) is 6.60. The van der Waals surface area contributed by atoms with E-state index in [2.05, 4.69) is 14.9 Å². The van der Waals surface area contributed by atoms with E-state index in [1.165, 1.54) is 6.34 Å². The Balaban J connectivity index is 2.01. The van der Waals surface area contributed by atoms with Gasteiger partial charge < -0.3 is 5.73 Å². The van der Waals surface area contributed by atoms with Crippen LogP contribution < -0.4 is 5.73 Å². The maximum Gasteiger partial charge on any atom is 0.151 e. The fourth-order valence-electron chi connectivity index (χ4n) is 1.59. The number of pyridine rings is 1. The van der Waals surface area contributed by atoms with Crippen molar-refractivity contribution in [1.29, 1.82) is 0 Å². The number of rotatable bonds is 3.